The molecule has 1 heterocycles. The molecule has 2 amide bonds. The quantitative estimate of drug-likeness (QED) is 0.605. The van der Waals surface area contributed by atoms with Crippen LogP contribution in [-0.4, -0.2) is 53.8 Å². The van der Waals surface area contributed by atoms with Gasteiger partial charge in [-0.25, -0.2) is 4.79 Å². The van der Waals surface area contributed by atoms with Crippen molar-refractivity contribution in [3.8, 4) is 0 Å². The lowest BCUT2D eigenvalue weighted by Crippen LogP contribution is -2.30. The fourth-order valence-corrected chi connectivity index (χ4v) is 2.05. The summed E-state index contributed by atoms with van der Waals surface area (Å²) < 4.78 is 0. The van der Waals surface area contributed by atoms with Crippen molar-refractivity contribution in [3.63, 3.8) is 0 Å². The largest absolute Gasteiger partial charge is 0.396 e. The molecule has 1 aliphatic heterocycles. The van der Waals surface area contributed by atoms with Crippen LogP contribution in [0, 0.1) is 0 Å². The first kappa shape index (κ1) is 10.7. The molecule has 0 aromatic heterocycles. The molecule has 0 bridgehead atoms. The first-order valence-corrected chi connectivity index (χ1v) is 5.71. The number of thioether (sulfide) groups is 1. The zero-order valence-corrected chi connectivity index (χ0v) is 8.48. The lowest BCUT2D eigenvalue weighted by atomic mass is 10.5. The van der Waals surface area contributed by atoms with E-state index in [9.17, 15) is 4.79 Å². The molecule has 0 aliphatic carbocycles. The van der Waals surface area contributed by atoms with E-state index in [1.165, 1.54) is 0 Å². The van der Waals surface area contributed by atoms with Gasteiger partial charge in [0.05, 0.1) is 0 Å². The number of nitrogens with one attached hydrogen (secondary N) is 1. The van der Waals surface area contributed by atoms with E-state index in [2.05, 4.69) is 5.32 Å². The second-order valence-electron chi connectivity index (χ2n) is 2.91. The second kappa shape index (κ2) is 6.10. The number of carbonyl (C=O) groups is 1. The van der Waals surface area contributed by atoms with E-state index in [1.54, 1.807) is 11.8 Å². The van der Waals surface area contributed by atoms with Gasteiger partial charge in [0.15, 0.2) is 0 Å². The van der Waals surface area contributed by atoms with Crippen LogP contribution in [0.2, 0.25) is 0 Å². The van der Waals surface area contributed by atoms with Gasteiger partial charge in [-0.1, -0.05) is 0 Å². The number of urea groups is 1. The number of aliphatic hydroxyl groups is 1. The van der Waals surface area contributed by atoms with Crippen LogP contribution in [0.15, 0.2) is 0 Å². The van der Waals surface area contributed by atoms with Gasteiger partial charge in [-0.3, -0.25) is 0 Å². The molecule has 0 aromatic carbocycles. The summed E-state index contributed by atoms with van der Waals surface area (Å²) in [6.45, 7) is 2.69. The molecule has 0 unspecified atom stereocenters. The maximum Gasteiger partial charge on any atom is 0.317 e. The molecular formula is C8H16N2O2S. The normalized spacial score (nSPS) is 16.4. The van der Waals surface area contributed by atoms with Gasteiger partial charge in [-0.15, -0.1) is 0 Å². The summed E-state index contributed by atoms with van der Waals surface area (Å²) in [5, 5.41) is 11.3. The van der Waals surface area contributed by atoms with E-state index in [0.717, 1.165) is 37.6 Å². The summed E-state index contributed by atoms with van der Waals surface area (Å²) >= 11 is 1.79. The van der Waals surface area contributed by atoms with E-state index in [-0.39, 0.29) is 12.6 Å². The standard InChI is InChI=1S/C8H16N2O2S/c11-5-1-6-13-7-4-10-3-2-9-8(10)12/h11H,1-7H2,(H,9,12). The van der Waals surface area contributed by atoms with E-state index < -0.39 is 0 Å². The van der Waals surface area contributed by atoms with Crippen molar-refractivity contribution >= 4 is 17.8 Å². The predicted octanol–water partition coefficient (Wildman–Crippen LogP) is 0.127. The predicted molar refractivity (Wildman–Crippen MR) is 54.0 cm³/mol. The average Bonchev–Trinajstić information content (AvgIpc) is 2.52. The Morgan fingerprint density at radius 2 is 2.38 bits per heavy atom. The molecule has 0 saturated carbocycles. The number of carbonyl (C=O) groups excluding carboxylic acids is 1. The highest BCUT2D eigenvalue weighted by molar-refractivity contribution is 7.99. The Morgan fingerprint density at radius 3 is 3.00 bits per heavy atom. The summed E-state index contributed by atoms with van der Waals surface area (Å²) in [7, 11) is 0. The summed E-state index contributed by atoms with van der Waals surface area (Å²) in [5.74, 6) is 1.94. The Balaban J connectivity index is 1.96. The number of nitrogens with zero attached hydrogens (tertiary/aromatic N) is 1. The van der Waals surface area contributed by atoms with Gasteiger partial charge in [0.25, 0.3) is 0 Å². The summed E-state index contributed by atoms with van der Waals surface area (Å²) in [6, 6.07) is 0.0581. The van der Waals surface area contributed by atoms with Crippen molar-refractivity contribution in [2.24, 2.45) is 0 Å². The van der Waals surface area contributed by atoms with Gasteiger partial charge in [0.2, 0.25) is 0 Å². The second-order valence-corrected chi connectivity index (χ2v) is 4.13. The highest BCUT2D eigenvalue weighted by Gasteiger charge is 2.17. The number of aliphatic hydroxyl groups excluding tert-OH is 1. The molecule has 76 valence electrons. The zero-order chi connectivity index (χ0) is 9.52. The minimum atomic E-state index is 0.0581. The molecule has 0 aromatic rings. The number of hydrogen-bond donors (Lipinski definition) is 2. The summed E-state index contributed by atoms with van der Waals surface area (Å²) in [6.07, 6.45) is 0.844. The van der Waals surface area contributed by atoms with Crippen LogP contribution >= 0.6 is 11.8 Å². The van der Waals surface area contributed by atoms with Crippen LogP contribution in [0.5, 0.6) is 0 Å². The van der Waals surface area contributed by atoms with Gasteiger partial charge in [0.1, 0.15) is 0 Å². The first-order valence-electron chi connectivity index (χ1n) is 4.56. The van der Waals surface area contributed by atoms with Crippen molar-refractivity contribution in [3.05, 3.63) is 0 Å². The van der Waals surface area contributed by atoms with Crippen molar-refractivity contribution < 1.29 is 9.90 Å². The Bertz CT molecular complexity index is 166. The van der Waals surface area contributed by atoms with Crippen molar-refractivity contribution in [2.75, 3.05) is 37.7 Å². The molecular weight excluding hydrogens is 188 g/mol. The van der Waals surface area contributed by atoms with Gasteiger partial charge in [-0.05, 0) is 12.2 Å². The maximum atomic E-state index is 11.1. The van der Waals surface area contributed by atoms with E-state index in [1.807, 2.05) is 4.90 Å². The molecule has 4 nitrogen and oxygen atoms in total. The molecule has 1 rings (SSSR count). The zero-order valence-electron chi connectivity index (χ0n) is 7.66. The third-order valence-corrected chi connectivity index (χ3v) is 2.95. The van der Waals surface area contributed by atoms with Crippen LogP contribution < -0.4 is 5.32 Å². The van der Waals surface area contributed by atoms with Crippen LogP contribution in [0.1, 0.15) is 6.42 Å². The average molecular weight is 204 g/mol. The highest BCUT2D eigenvalue weighted by Crippen LogP contribution is 2.04. The molecule has 5 heteroatoms. The van der Waals surface area contributed by atoms with Gasteiger partial charge >= 0.3 is 6.03 Å². The molecule has 0 spiro atoms. The Morgan fingerprint density at radius 1 is 1.54 bits per heavy atom. The fourth-order valence-electron chi connectivity index (χ4n) is 1.17. The lowest BCUT2D eigenvalue weighted by molar-refractivity contribution is 0.220. The lowest BCUT2D eigenvalue weighted by Gasteiger charge is -2.12. The Labute approximate surface area is 82.7 Å². The van der Waals surface area contributed by atoms with Crippen LogP contribution in [0.4, 0.5) is 4.79 Å². The molecule has 0 atom stereocenters. The Hall–Kier alpha value is -0.420. The highest BCUT2D eigenvalue weighted by atomic mass is 32.2. The number of hydrogen-bond acceptors (Lipinski definition) is 3. The van der Waals surface area contributed by atoms with E-state index >= 15 is 0 Å². The van der Waals surface area contributed by atoms with Gasteiger partial charge < -0.3 is 15.3 Å². The van der Waals surface area contributed by atoms with Crippen molar-refractivity contribution in [1.29, 1.82) is 0 Å². The molecule has 0 radical (unpaired) electrons. The Kier molecular flexibility index (Phi) is 5.00. The van der Waals surface area contributed by atoms with Gasteiger partial charge in [0, 0.05) is 32.0 Å². The van der Waals surface area contributed by atoms with Gasteiger partial charge in [-0.2, -0.15) is 11.8 Å². The fraction of sp³-hybridized carbons (Fsp3) is 0.875. The SMILES string of the molecule is O=C1NCCN1CCSCCCO. The summed E-state index contributed by atoms with van der Waals surface area (Å²) in [4.78, 5) is 12.9. The summed E-state index contributed by atoms with van der Waals surface area (Å²) in [5.41, 5.74) is 0. The molecule has 1 saturated heterocycles. The minimum Gasteiger partial charge on any atom is -0.396 e. The smallest absolute Gasteiger partial charge is 0.317 e. The molecule has 2 N–H and O–H groups in total. The molecule has 1 fully saturated rings. The van der Waals surface area contributed by atoms with E-state index in [4.69, 9.17) is 5.11 Å². The van der Waals surface area contributed by atoms with Crippen LogP contribution in [0.25, 0.3) is 0 Å². The van der Waals surface area contributed by atoms with Crippen molar-refractivity contribution in [2.45, 2.75) is 6.42 Å². The topological polar surface area (TPSA) is 52.6 Å². The van der Waals surface area contributed by atoms with Crippen molar-refractivity contribution in [1.82, 2.24) is 10.2 Å². The first-order chi connectivity index (χ1) is 6.34. The number of rotatable bonds is 6. The van der Waals surface area contributed by atoms with Crippen LogP contribution in [0.3, 0.4) is 0 Å². The molecule has 1 aliphatic rings. The third-order valence-electron chi connectivity index (χ3n) is 1.90. The van der Waals surface area contributed by atoms with E-state index in [0.29, 0.717) is 0 Å². The number of amides is 2. The van der Waals surface area contributed by atoms with Crippen LogP contribution in [-0.2, 0) is 0 Å². The monoisotopic (exact) mass is 204 g/mol. The third kappa shape index (κ3) is 3.87. The minimum absolute atomic E-state index is 0.0581. The maximum absolute atomic E-state index is 11.1. The molecule has 13 heavy (non-hydrogen) atoms.